The Balaban J connectivity index is 1.41. The number of carbonyl (C=O) groups excluding carboxylic acids is 2. The number of nitrogens with zero attached hydrogens (tertiary/aromatic N) is 2. The van der Waals surface area contributed by atoms with Gasteiger partial charge < -0.3 is 9.64 Å². The van der Waals surface area contributed by atoms with Crippen molar-refractivity contribution < 1.29 is 14.3 Å². The van der Waals surface area contributed by atoms with Crippen LogP contribution < -0.4 is 0 Å². The molecule has 1 atom stereocenters. The van der Waals surface area contributed by atoms with E-state index in [-0.39, 0.29) is 24.4 Å². The lowest BCUT2D eigenvalue weighted by atomic mass is 10.2. The molecule has 0 N–H and O–H groups in total. The first-order valence-electron chi connectivity index (χ1n) is 9.85. The van der Waals surface area contributed by atoms with E-state index in [1.807, 2.05) is 48.5 Å². The average Bonchev–Trinajstić information content (AvgIpc) is 3.13. The number of ether oxygens (including phenoxy) is 1. The summed E-state index contributed by atoms with van der Waals surface area (Å²) < 4.78 is 5.64. The van der Waals surface area contributed by atoms with E-state index in [0.29, 0.717) is 13.1 Å². The molecule has 0 aliphatic carbocycles. The molecule has 2 aromatic carbocycles. The first-order valence-corrected chi connectivity index (χ1v) is 9.85. The minimum atomic E-state index is -0.231. The first kappa shape index (κ1) is 20.1. The number of likely N-dealkylation sites (tertiary alicyclic amines) is 1. The standard InChI is InChI=1S/C23H28N2O3/c1-19(26)25(17-21-10-6-3-7-11-21)15-13-23(27)28-22-12-14-24(18-22)16-20-8-4-2-5-9-20/h2-11,22H,12-18H2,1H3/t22-/m1/s1. The van der Waals surface area contributed by atoms with Crippen molar-refractivity contribution in [2.75, 3.05) is 19.6 Å². The first-order chi connectivity index (χ1) is 13.6. The second kappa shape index (κ2) is 10.0. The van der Waals surface area contributed by atoms with Crippen molar-refractivity contribution in [1.82, 2.24) is 9.80 Å². The van der Waals surface area contributed by atoms with Gasteiger partial charge in [-0.15, -0.1) is 0 Å². The summed E-state index contributed by atoms with van der Waals surface area (Å²) in [5, 5.41) is 0. The average molecular weight is 380 g/mol. The van der Waals surface area contributed by atoms with Crippen molar-refractivity contribution in [2.24, 2.45) is 0 Å². The largest absolute Gasteiger partial charge is 0.461 e. The van der Waals surface area contributed by atoms with Gasteiger partial charge in [-0.3, -0.25) is 14.5 Å². The van der Waals surface area contributed by atoms with Crippen molar-refractivity contribution in [3.05, 3.63) is 71.8 Å². The predicted molar refractivity (Wildman–Crippen MR) is 108 cm³/mol. The zero-order valence-corrected chi connectivity index (χ0v) is 16.4. The predicted octanol–water partition coefficient (Wildman–Crippen LogP) is 3.24. The molecule has 28 heavy (non-hydrogen) atoms. The Hall–Kier alpha value is -2.66. The molecule has 0 radical (unpaired) electrons. The normalized spacial score (nSPS) is 16.7. The van der Waals surface area contributed by atoms with Gasteiger partial charge in [-0.1, -0.05) is 60.7 Å². The summed E-state index contributed by atoms with van der Waals surface area (Å²) in [4.78, 5) is 28.2. The third-order valence-electron chi connectivity index (χ3n) is 5.02. The van der Waals surface area contributed by atoms with E-state index in [1.165, 1.54) is 12.5 Å². The molecule has 1 amide bonds. The van der Waals surface area contributed by atoms with Crippen molar-refractivity contribution in [2.45, 2.75) is 39.0 Å². The highest BCUT2D eigenvalue weighted by atomic mass is 16.5. The molecule has 0 bridgehead atoms. The fourth-order valence-corrected chi connectivity index (χ4v) is 3.50. The molecular formula is C23H28N2O3. The summed E-state index contributed by atoms with van der Waals surface area (Å²) in [5.41, 5.74) is 2.32. The van der Waals surface area contributed by atoms with Gasteiger partial charge in [0.1, 0.15) is 6.10 Å². The highest BCUT2D eigenvalue weighted by molar-refractivity contribution is 5.75. The summed E-state index contributed by atoms with van der Waals surface area (Å²) in [6.07, 6.45) is 1.02. The van der Waals surface area contributed by atoms with Gasteiger partial charge >= 0.3 is 5.97 Å². The molecule has 0 spiro atoms. The van der Waals surface area contributed by atoms with Crippen molar-refractivity contribution >= 4 is 11.9 Å². The molecule has 0 saturated carbocycles. The zero-order valence-electron chi connectivity index (χ0n) is 16.4. The van der Waals surface area contributed by atoms with Crippen LogP contribution in [0.4, 0.5) is 0 Å². The number of esters is 1. The third-order valence-corrected chi connectivity index (χ3v) is 5.02. The Morgan fingerprint density at radius 2 is 1.68 bits per heavy atom. The molecule has 148 valence electrons. The maximum absolute atomic E-state index is 12.3. The summed E-state index contributed by atoms with van der Waals surface area (Å²) >= 11 is 0. The lowest BCUT2D eigenvalue weighted by Gasteiger charge is -2.21. The van der Waals surface area contributed by atoms with E-state index in [4.69, 9.17) is 4.74 Å². The molecule has 5 nitrogen and oxygen atoms in total. The Bertz CT molecular complexity index is 764. The second-order valence-corrected chi connectivity index (χ2v) is 7.30. The minimum Gasteiger partial charge on any atom is -0.461 e. The van der Waals surface area contributed by atoms with Crippen molar-refractivity contribution in [1.29, 1.82) is 0 Å². The fourth-order valence-electron chi connectivity index (χ4n) is 3.50. The summed E-state index contributed by atoms with van der Waals surface area (Å²) in [6, 6.07) is 20.1. The maximum Gasteiger partial charge on any atom is 0.307 e. The van der Waals surface area contributed by atoms with E-state index in [2.05, 4.69) is 17.0 Å². The van der Waals surface area contributed by atoms with Gasteiger partial charge in [-0.2, -0.15) is 0 Å². The topological polar surface area (TPSA) is 49.9 Å². The molecule has 2 aromatic rings. The fraction of sp³-hybridized carbons (Fsp3) is 0.391. The van der Waals surface area contributed by atoms with Crippen LogP contribution >= 0.6 is 0 Å². The van der Waals surface area contributed by atoms with Gasteiger partial charge in [0.15, 0.2) is 0 Å². The highest BCUT2D eigenvalue weighted by Crippen LogP contribution is 2.16. The van der Waals surface area contributed by atoms with Gasteiger partial charge in [0.25, 0.3) is 0 Å². The van der Waals surface area contributed by atoms with Gasteiger partial charge in [-0.25, -0.2) is 0 Å². The van der Waals surface area contributed by atoms with Crippen LogP contribution in [-0.4, -0.2) is 47.4 Å². The van der Waals surface area contributed by atoms with Crippen LogP contribution in [-0.2, 0) is 27.4 Å². The molecule has 1 heterocycles. The van der Waals surface area contributed by atoms with E-state index >= 15 is 0 Å². The third kappa shape index (κ3) is 6.20. The van der Waals surface area contributed by atoms with Crippen LogP contribution in [0.5, 0.6) is 0 Å². The maximum atomic E-state index is 12.3. The van der Waals surface area contributed by atoms with E-state index < -0.39 is 0 Å². The van der Waals surface area contributed by atoms with Crippen LogP contribution in [0.3, 0.4) is 0 Å². The van der Waals surface area contributed by atoms with Crippen molar-refractivity contribution in [3.8, 4) is 0 Å². The number of hydrogen-bond acceptors (Lipinski definition) is 4. The Labute approximate surface area is 166 Å². The molecule has 0 aromatic heterocycles. The smallest absolute Gasteiger partial charge is 0.307 e. The van der Waals surface area contributed by atoms with Crippen molar-refractivity contribution in [3.63, 3.8) is 0 Å². The molecule has 0 unspecified atom stereocenters. The van der Waals surface area contributed by atoms with E-state index in [0.717, 1.165) is 31.6 Å². The van der Waals surface area contributed by atoms with Gasteiger partial charge in [0.05, 0.1) is 6.42 Å². The molecule has 5 heteroatoms. The number of benzene rings is 2. The number of carbonyl (C=O) groups is 2. The zero-order chi connectivity index (χ0) is 19.8. The van der Waals surface area contributed by atoms with Crippen LogP contribution in [0.1, 0.15) is 30.9 Å². The summed E-state index contributed by atoms with van der Waals surface area (Å²) in [6.45, 7) is 5.00. The quantitative estimate of drug-likeness (QED) is 0.660. The van der Waals surface area contributed by atoms with Crippen LogP contribution in [0, 0.1) is 0 Å². The molecular weight excluding hydrogens is 352 g/mol. The summed E-state index contributed by atoms with van der Waals surface area (Å²) in [5.74, 6) is -0.266. The lowest BCUT2D eigenvalue weighted by molar-refractivity contribution is -0.149. The van der Waals surface area contributed by atoms with Crippen LogP contribution in [0.15, 0.2) is 60.7 Å². The van der Waals surface area contributed by atoms with E-state index in [1.54, 1.807) is 4.90 Å². The van der Waals surface area contributed by atoms with Crippen LogP contribution in [0.2, 0.25) is 0 Å². The Morgan fingerprint density at radius 1 is 1.04 bits per heavy atom. The number of hydrogen-bond donors (Lipinski definition) is 0. The Morgan fingerprint density at radius 3 is 2.32 bits per heavy atom. The minimum absolute atomic E-state index is 0.0356. The van der Waals surface area contributed by atoms with Crippen LogP contribution in [0.25, 0.3) is 0 Å². The highest BCUT2D eigenvalue weighted by Gasteiger charge is 2.25. The SMILES string of the molecule is CC(=O)N(CCC(=O)O[C@@H]1CCN(Cc2ccccc2)C1)Cc1ccccc1. The molecule has 3 rings (SSSR count). The monoisotopic (exact) mass is 380 g/mol. The number of amides is 1. The van der Waals surface area contributed by atoms with Gasteiger partial charge in [-0.05, 0) is 17.5 Å². The Kier molecular flexibility index (Phi) is 7.20. The lowest BCUT2D eigenvalue weighted by Crippen LogP contribution is -2.32. The summed E-state index contributed by atoms with van der Waals surface area (Å²) in [7, 11) is 0. The number of rotatable bonds is 8. The molecule has 1 aliphatic rings. The van der Waals surface area contributed by atoms with Gasteiger partial charge in [0, 0.05) is 39.6 Å². The molecule has 1 fully saturated rings. The molecule has 1 saturated heterocycles. The second-order valence-electron chi connectivity index (χ2n) is 7.30. The van der Waals surface area contributed by atoms with Gasteiger partial charge in [0.2, 0.25) is 5.91 Å². The van der Waals surface area contributed by atoms with E-state index in [9.17, 15) is 9.59 Å². The molecule has 1 aliphatic heterocycles.